The van der Waals surface area contributed by atoms with Crippen LogP contribution < -0.4 is 20.1 Å². The minimum atomic E-state index is -3.05. The summed E-state index contributed by atoms with van der Waals surface area (Å²) in [4.78, 5) is 23.4. The van der Waals surface area contributed by atoms with Crippen molar-refractivity contribution >= 4 is 34.8 Å². The lowest BCUT2D eigenvalue weighted by Crippen LogP contribution is -2.13. The molecule has 2 rings (SSSR count). The van der Waals surface area contributed by atoms with Gasteiger partial charge in [-0.1, -0.05) is 11.6 Å². The highest BCUT2D eigenvalue weighted by Crippen LogP contribution is 2.30. The molecule has 138 valence electrons. The van der Waals surface area contributed by atoms with Gasteiger partial charge in [-0.15, -0.1) is 0 Å². The van der Waals surface area contributed by atoms with Crippen molar-refractivity contribution in [3.05, 3.63) is 47.0 Å². The lowest BCUT2D eigenvalue weighted by molar-refractivity contribution is -0.114. The van der Waals surface area contributed by atoms with Crippen LogP contribution in [0.1, 0.15) is 17.3 Å². The number of hydrogen-bond donors (Lipinski definition) is 2. The fourth-order valence-corrected chi connectivity index (χ4v) is 2.32. The number of carbonyl (C=O) groups excluding carboxylic acids is 2. The van der Waals surface area contributed by atoms with Crippen LogP contribution in [0.3, 0.4) is 0 Å². The first-order valence-corrected chi connectivity index (χ1v) is 7.69. The fourth-order valence-electron chi connectivity index (χ4n) is 2.09. The largest absolute Gasteiger partial charge is 0.493 e. The zero-order chi connectivity index (χ0) is 19.3. The summed E-state index contributed by atoms with van der Waals surface area (Å²) in [7, 11) is 1.30. The van der Waals surface area contributed by atoms with Crippen molar-refractivity contribution in [2.75, 3.05) is 17.7 Å². The molecule has 0 aliphatic rings. The molecule has 0 saturated heterocycles. The maximum absolute atomic E-state index is 12.5. The van der Waals surface area contributed by atoms with Crippen LogP contribution in [0, 0.1) is 0 Å². The average Bonchev–Trinajstić information content (AvgIpc) is 2.56. The number of rotatable bonds is 6. The van der Waals surface area contributed by atoms with Crippen molar-refractivity contribution in [3.63, 3.8) is 0 Å². The van der Waals surface area contributed by atoms with E-state index >= 15 is 0 Å². The van der Waals surface area contributed by atoms with Gasteiger partial charge in [0, 0.05) is 18.2 Å². The monoisotopic (exact) mass is 384 g/mol. The van der Waals surface area contributed by atoms with Gasteiger partial charge in [0.15, 0.2) is 11.5 Å². The topological polar surface area (TPSA) is 76.7 Å². The van der Waals surface area contributed by atoms with E-state index in [0.717, 1.165) is 6.07 Å². The first-order chi connectivity index (χ1) is 12.3. The van der Waals surface area contributed by atoms with E-state index in [0.29, 0.717) is 11.4 Å². The number of alkyl halides is 2. The summed E-state index contributed by atoms with van der Waals surface area (Å²) >= 11 is 6.04. The molecule has 0 atom stereocenters. The van der Waals surface area contributed by atoms with E-state index < -0.39 is 12.5 Å². The number of nitrogens with one attached hydrogen (secondary N) is 2. The molecule has 0 unspecified atom stereocenters. The Labute approximate surface area is 153 Å². The van der Waals surface area contributed by atoms with Crippen LogP contribution >= 0.6 is 11.6 Å². The lowest BCUT2D eigenvalue weighted by Gasteiger charge is -2.12. The molecule has 0 aromatic heterocycles. The second-order valence-electron chi connectivity index (χ2n) is 5.07. The maximum atomic E-state index is 12.5. The zero-order valence-corrected chi connectivity index (χ0v) is 14.6. The summed E-state index contributed by atoms with van der Waals surface area (Å²) in [5.41, 5.74) is 0.846. The van der Waals surface area contributed by atoms with Gasteiger partial charge < -0.3 is 20.1 Å². The predicted molar refractivity (Wildman–Crippen MR) is 93.3 cm³/mol. The molecule has 0 spiro atoms. The van der Waals surface area contributed by atoms with Crippen LogP contribution in [0.5, 0.6) is 11.5 Å². The lowest BCUT2D eigenvalue weighted by atomic mass is 10.1. The molecule has 0 radical (unpaired) electrons. The van der Waals surface area contributed by atoms with Crippen molar-refractivity contribution in [1.82, 2.24) is 0 Å². The number of methoxy groups -OCH3 is 1. The molecule has 9 heteroatoms. The Morgan fingerprint density at radius 2 is 1.81 bits per heavy atom. The molecule has 6 nitrogen and oxygen atoms in total. The van der Waals surface area contributed by atoms with Gasteiger partial charge in [0.25, 0.3) is 5.91 Å². The number of anilines is 2. The molecule has 2 N–H and O–H groups in total. The molecule has 0 heterocycles. The molecule has 0 aliphatic heterocycles. The predicted octanol–water partition coefficient (Wildman–Crippen LogP) is 4.16. The second-order valence-corrected chi connectivity index (χ2v) is 5.48. The minimum Gasteiger partial charge on any atom is -0.493 e. The van der Waals surface area contributed by atoms with Gasteiger partial charge in [-0.25, -0.2) is 0 Å². The summed E-state index contributed by atoms with van der Waals surface area (Å²) in [6.45, 7) is -1.71. The molecule has 0 fully saturated rings. The second kappa shape index (κ2) is 8.48. The Morgan fingerprint density at radius 3 is 2.38 bits per heavy atom. The number of hydrogen-bond acceptors (Lipinski definition) is 4. The average molecular weight is 385 g/mol. The molecular formula is C17H15ClF2N2O4. The van der Waals surface area contributed by atoms with E-state index in [1.807, 2.05) is 0 Å². The Balaban J connectivity index is 2.19. The summed E-state index contributed by atoms with van der Waals surface area (Å²) in [6.07, 6.45) is 0. The summed E-state index contributed by atoms with van der Waals surface area (Å²) in [5, 5.41) is 5.35. The first kappa shape index (κ1) is 19.5. The van der Waals surface area contributed by atoms with E-state index in [4.69, 9.17) is 16.3 Å². The van der Waals surface area contributed by atoms with E-state index in [2.05, 4.69) is 15.4 Å². The molecule has 26 heavy (non-hydrogen) atoms. The van der Waals surface area contributed by atoms with Crippen molar-refractivity contribution in [2.24, 2.45) is 0 Å². The summed E-state index contributed by atoms with van der Waals surface area (Å²) in [6, 6.07) is 8.41. The molecule has 2 aromatic rings. The Morgan fingerprint density at radius 1 is 1.08 bits per heavy atom. The third-order valence-electron chi connectivity index (χ3n) is 3.18. The quantitative estimate of drug-likeness (QED) is 0.784. The van der Waals surface area contributed by atoms with E-state index in [1.54, 1.807) is 0 Å². The standard InChI is InChI=1S/C17H15ClF2N2O4/c1-9(23)21-13-5-4-11(8-12(13)18)22-16(24)10-3-6-14(25-2)15(7-10)26-17(19)20/h3-8,17H,1-2H3,(H,21,23)(H,22,24). The van der Waals surface area contributed by atoms with Crippen molar-refractivity contribution in [1.29, 1.82) is 0 Å². The zero-order valence-electron chi connectivity index (χ0n) is 13.8. The maximum Gasteiger partial charge on any atom is 0.387 e. The van der Waals surface area contributed by atoms with Gasteiger partial charge in [-0.2, -0.15) is 8.78 Å². The number of amides is 2. The normalized spacial score (nSPS) is 10.4. The Kier molecular flexibility index (Phi) is 6.35. The molecule has 2 amide bonds. The van der Waals surface area contributed by atoms with Gasteiger partial charge in [-0.05, 0) is 36.4 Å². The van der Waals surface area contributed by atoms with Crippen LogP contribution in [-0.2, 0) is 4.79 Å². The SMILES string of the molecule is COc1ccc(C(=O)Nc2ccc(NC(C)=O)c(Cl)c2)cc1OC(F)F. The number of carbonyl (C=O) groups is 2. The van der Waals surface area contributed by atoms with Crippen LogP contribution in [0.15, 0.2) is 36.4 Å². The summed E-state index contributed by atoms with van der Waals surface area (Å²) in [5.74, 6) is -1.03. The molecular weight excluding hydrogens is 370 g/mol. The number of benzene rings is 2. The van der Waals surface area contributed by atoms with Gasteiger partial charge in [0.2, 0.25) is 5.91 Å². The van der Waals surface area contributed by atoms with E-state index in [9.17, 15) is 18.4 Å². The molecule has 0 bridgehead atoms. The highest BCUT2D eigenvalue weighted by molar-refractivity contribution is 6.34. The third-order valence-corrected chi connectivity index (χ3v) is 3.49. The van der Waals surface area contributed by atoms with Gasteiger partial charge in [-0.3, -0.25) is 9.59 Å². The first-order valence-electron chi connectivity index (χ1n) is 7.31. The highest BCUT2D eigenvalue weighted by atomic mass is 35.5. The van der Waals surface area contributed by atoms with Gasteiger partial charge in [0.05, 0.1) is 17.8 Å². The van der Waals surface area contributed by atoms with E-state index in [-0.39, 0.29) is 28.0 Å². The minimum absolute atomic E-state index is 0.0737. The number of halogens is 3. The van der Waals surface area contributed by atoms with E-state index in [1.165, 1.54) is 44.4 Å². The Bertz CT molecular complexity index is 830. The van der Waals surface area contributed by atoms with Crippen molar-refractivity contribution in [2.45, 2.75) is 13.5 Å². The number of ether oxygens (including phenoxy) is 2. The Hall–Kier alpha value is -2.87. The van der Waals surface area contributed by atoms with Crippen LogP contribution in [0.2, 0.25) is 5.02 Å². The molecule has 0 saturated carbocycles. The van der Waals surface area contributed by atoms with Crippen LogP contribution in [0.25, 0.3) is 0 Å². The van der Waals surface area contributed by atoms with Gasteiger partial charge >= 0.3 is 6.61 Å². The van der Waals surface area contributed by atoms with Crippen molar-refractivity contribution in [3.8, 4) is 11.5 Å². The molecule has 0 aliphatic carbocycles. The highest BCUT2D eigenvalue weighted by Gasteiger charge is 2.15. The van der Waals surface area contributed by atoms with Crippen molar-refractivity contribution < 1.29 is 27.8 Å². The molecule has 2 aromatic carbocycles. The third kappa shape index (κ3) is 5.06. The van der Waals surface area contributed by atoms with Crippen LogP contribution in [0.4, 0.5) is 20.2 Å². The van der Waals surface area contributed by atoms with Crippen LogP contribution in [-0.4, -0.2) is 25.5 Å². The van der Waals surface area contributed by atoms with Gasteiger partial charge in [0.1, 0.15) is 0 Å². The fraction of sp³-hybridized carbons (Fsp3) is 0.176. The smallest absolute Gasteiger partial charge is 0.387 e. The summed E-state index contributed by atoms with van der Waals surface area (Å²) < 4.78 is 34.2.